The second-order valence-electron chi connectivity index (χ2n) is 6.08. The number of halogens is 1. The molecule has 1 aliphatic carbocycles. The summed E-state index contributed by atoms with van der Waals surface area (Å²) in [5.74, 6) is 0.165. The summed E-state index contributed by atoms with van der Waals surface area (Å²) in [6, 6.07) is 5.37. The zero-order valence-corrected chi connectivity index (χ0v) is 12.5. The van der Waals surface area contributed by atoms with Gasteiger partial charge in [-0.3, -0.25) is 14.5 Å². The number of rotatable bonds is 1. The van der Waals surface area contributed by atoms with Crippen LogP contribution in [0.1, 0.15) is 31.7 Å². The number of imide groups is 1. The van der Waals surface area contributed by atoms with Gasteiger partial charge in [0.2, 0.25) is 11.8 Å². The fourth-order valence-corrected chi connectivity index (χ4v) is 3.54. The lowest BCUT2D eigenvalue weighted by molar-refractivity contribution is -0.122. The molecule has 1 saturated carbocycles. The van der Waals surface area contributed by atoms with Gasteiger partial charge in [0.05, 0.1) is 17.5 Å². The molecule has 0 unspecified atom stereocenters. The predicted octanol–water partition coefficient (Wildman–Crippen LogP) is 3.57. The van der Waals surface area contributed by atoms with Crippen molar-refractivity contribution >= 4 is 29.1 Å². The molecular weight excluding hydrogens is 274 g/mol. The lowest BCUT2D eigenvalue weighted by Crippen LogP contribution is -2.30. The lowest BCUT2D eigenvalue weighted by Gasteiger charge is -2.25. The summed E-state index contributed by atoms with van der Waals surface area (Å²) in [5, 5.41) is 0.589. The number of carbonyl (C=O) groups is 2. The maximum atomic E-state index is 12.6. The van der Waals surface area contributed by atoms with Crippen LogP contribution in [-0.4, -0.2) is 11.8 Å². The minimum Gasteiger partial charge on any atom is -0.274 e. The minimum absolute atomic E-state index is 0.0492. The highest BCUT2D eigenvalue weighted by Gasteiger charge is 2.49. The van der Waals surface area contributed by atoms with E-state index in [0.717, 1.165) is 24.8 Å². The molecular formula is C16H18ClNO2. The Labute approximate surface area is 123 Å². The third kappa shape index (κ3) is 2.05. The summed E-state index contributed by atoms with van der Waals surface area (Å²) in [6.07, 6.45) is 2.68. The second kappa shape index (κ2) is 4.88. The smallest absolute Gasteiger partial charge is 0.237 e. The molecule has 3 rings (SSSR count). The highest BCUT2D eigenvalue weighted by molar-refractivity contribution is 6.32. The number of aryl methyl sites for hydroxylation is 1. The molecule has 2 aliphatic rings. The Bertz CT molecular complexity index is 584. The third-order valence-corrected chi connectivity index (χ3v) is 5.01. The van der Waals surface area contributed by atoms with E-state index in [-0.39, 0.29) is 23.7 Å². The van der Waals surface area contributed by atoms with Crippen molar-refractivity contribution in [3.63, 3.8) is 0 Å². The van der Waals surface area contributed by atoms with Crippen molar-refractivity contribution in [1.82, 2.24) is 0 Å². The van der Waals surface area contributed by atoms with Crippen molar-refractivity contribution in [2.75, 3.05) is 4.90 Å². The van der Waals surface area contributed by atoms with Gasteiger partial charge >= 0.3 is 0 Å². The molecule has 4 heteroatoms. The van der Waals surface area contributed by atoms with E-state index in [0.29, 0.717) is 16.6 Å². The maximum Gasteiger partial charge on any atom is 0.237 e. The Morgan fingerprint density at radius 3 is 2.55 bits per heavy atom. The molecule has 1 aromatic carbocycles. The second-order valence-corrected chi connectivity index (χ2v) is 6.48. The molecule has 1 heterocycles. The largest absolute Gasteiger partial charge is 0.274 e. The van der Waals surface area contributed by atoms with Crippen LogP contribution in [0.25, 0.3) is 0 Å². The summed E-state index contributed by atoms with van der Waals surface area (Å²) < 4.78 is 0. The van der Waals surface area contributed by atoms with E-state index < -0.39 is 0 Å². The van der Waals surface area contributed by atoms with Crippen molar-refractivity contribution in [2.45, 2.75) is 33.1 Å². The van der Waals surface area contributed by atoms with Gasteiger partial charge in [0.25, 0.3) is 0 Å². The first kappa shape index (κ1) is 13.6. The van der Waals surface area contributed by atoms with Gasteiger partial charge in [0.1, 0.15) is 0 Å². The van der Waals surface area contributed by atoms with Crippen molar-refractivity contribution in [3.8, 4) is 0 Å². The van der Waals surface area contributed by atoms with Crippen molar-refractivity contribution < 1.29 is 9.59 Å². The van der Waals surface area contributed by atoms with E-state index in [1.165, 1.54) is 4.90 Å². The van der Waals surface area contributed by atoms with Crippen LogP contribution in [0.15, 0.2) is 18.2 Å². The fraction of sp³-hybridized carbons (Fsp3) is 0.500. The molecule has 0 spiro atoms. The highest BCUT2D eigenvalue weighted by Crippen LogP contribution is 2.42. The van der Waals surface area contributed by atoms with E-state index in [4.69, 9.17) is 11.6 Å². The maximum absolute atomic E-state index is 12.6. The molecule has 0 N–H and O–H groups in total. The monoisotopic (exact) mass is 291 g/mol. The van der Waals surface area contributed by atoms with Gasteiger partial charge in [-0.05, 0) is 49.8 Å². The van der Waals surface area contributed by atoms with Crippen molar-refractivity contribution in [3.05, 3.63) is 28.8 Å². The quantitative estimate of drug-likeness (QED) is 0.742. The number of benzene rings is 1. The van der Waals surface area contributed by atoms with E-state index >= 15 is 0 Å². The molecule has 1 aromatic rings. The molecule has 1 aliphatic heterocycles. The number of hydrogen-bond acceptors (Lipinski definition) is 2. The minimum atomic E-state index is -0.133. The average Bonchev–Trinajstić information content (AvgIpc) is 2.65. The molecule has 3 nitrogen and oxygen atoms in total. The first-order valence-corrected chi connectivity index (χ1v) is 7.51. The Kier molecular flexibility index (Phi) is 3.33. The average molecular weight is 292 g/mol. The molecule has 0 radical (unpaired) electrons. The first-order valence-electron chi connectivity index (χ1n) is 7.13. The van der Waals surface area contributed by atoms with Crippen LogP contribution in [0.5, 0.6) is 0 Å². The Balaban J connectivity index is 1.96. The zero-order chi connectivity index (χ0) is 14.4. The number of fused-ring (bicyclic) bond motifs is 1. The lowest BCUT2D eigenvalue weighted by atomic mass is 9.76. The standard InChI is InChI=1S/C16H18ClNO2/c1-9-3-6-12-13(7-9)16(20)18(15(12)19)11-5-4-10(2)14(17)8-11/h4-5,8-9,12-13H,3,6-7H2,1-2H3/t9-,12+,13-/m0/s1. The van der Waals surface area contributed by atoms with Crippen LogP contribution in [-0.2, 0) is 9.59 Å². The van der Waals surface area contributed by atoms with Crippen LogP contribution < -0.4 is 4.90 Å². The van der Waals surface area contributed by atoms with Crippen LogP contribution in [0.4, 0.5) is 5.69 Å². The Morgan fingerprint density at radius 2 is 1.85 bits per heavy atom. The van der Waals surface area contributed by atoms with Gasteiger partial charge in [-0.2, -0.15) is 0 Å². The van der Waals surface area contributed by atoms with Crippen molar-refractivity contribution in [2.24, 2.45) is 17.8 Å². The van der Waals surface area contributed by atoms with E-state index in [9.17, 15) is 9.59 Å². The molecule has 0 aromatic heterocycles. The molecule has 2 fully saturated rings. The number of carbonyl (C=O) groups excluding carboxylic acids is 2. The predicted molar refractivity (Wildman–Crippen MR) is 78.7 cm³/mol. The number of hydrogen-bond donors (Lipinski definition) is 0. The summed E-state index contributed by atoms with van der Waals surface area (Å²) in [6.45, 7) is 4.06. The van der Waals surface area contributed by atoms with Gasteiger partial charge in [-0.1, -0.05) is 24.6 Å². The van der Waals surface area contributed by atoms with Gasteiger partial charge < -0.3 is 0 Å². The number of amides is 2. The normalized spacial score (nSPS) is 29.8. The van der Waals surface area contributed by atoms with Gasteiger partial charge in [0, 0.05) is 5.02 Å². The number of nitrogens with zero attached hydrogens (tertiary/aromatic N) is 1. The first-order chi connectivity index (χ1) is 9.49. The SMILES string of the molecule is Cc1ccc(N2C(=O)[C@H]3C[C@@H](C)CC[C@H]3C2=O)cc1Cl. The van der Waals surface area contributed by atoms with Gasteiger partial charge in [-0.25, -0.2) is 0 Å². The molecule has 1 saturated heterocycles. The van der Waals surface area contributed by atoms with E-state index in [2.05, 4.69) is 6.92 Å². The summed E-state index contributed by atoms with van der Waals surface area (Å²) in [5.41, 5.74) is 1.55. The Morgan fingerprint density at radius 1 is 1.15 bits per heavy atom. The highest BCUT2D eigenvalue weighted by atomic mass is 35.5. The number of anilines is 1. The van der Waals surface area contributed by atoms with Crippen LogP contribution in [0.2, 0.25) is 5.02 Å². The molecule has 2 amide bonds. The zero-order valence-electron chi connectivity index (χ0n) is 11.7. The molecule has 20 heavy (non-hydrogen) atoms. The summed E-state index contributed by atoms with van der Waals surface area (Å²) >= 11 is 6.11. The van der Waals surface area contributed by atoms with Gasteiger partial charge in [0.15, 0.2) is 0 Å². The fourth-order valence-electron chi connectivity index (χ4n) is 3.36. The topological polar surface area (TPSA) is 37.4 Å². The van der Waals surface area contributed by atoms with E-state index in [1.807, 2.05) is 13.0 Å². The van der Waals surface area contributed by atoms with Crippen LogP contribution in [0.3, 0.4) is 0 Å². The van der Waals surface area contributed by atoms with Crippen LogP contribution >= 0.6 is 11.6 Å². The molecule has 3 atom stereocenters. The van der Waals surface area contributed by atoms with Crippen molar-refractivity contribution in [1.29, 1.82) is 0 Å². The summed E-state index contributed by atoms with van der Waals surface area (Å²) in [4.78, 5) is 26.4. The van der Waals surface area contributed by atoms with Gasteiger partial charge in [-0.15, -0.1) is 0 Å². The Hall–Kier alpha value is -1.35. The molecule has 106 valence electrons. The molecule has 0 bridgehead atoms. The van der Waals surface area contributed by atoms with E-state index in [1.54, 1.807) is 12.1 Å². The van der Waals surface area contributed by atoms with Crippen LogP contribution in [0, 0.1) is 24.7 Å². The summed E-state index contributed by atoms with van der Waals surface area (Å²) in [7, 11) is 0. The third-order valence-electron chi connectivity index (χ3n) is 4.60.